The molecule has 0 radical (unpaired) electrons. The van der Waals surface area contributed by atoms with Crippen LogP contribution in [-0.4, -0.2) is 16.5 Å². The van der Waals surface area contributed by atoms with Crippen LogP contribution < -0.4 is 5.32 Å². The summed E-state index contributed by atoms with van der Waals surface area (Å²) in [7, 11) is 0. The number of non-ortho nitro benzene ring substituents is 1. The van der Waals surface area contributed by atoms with E-state index in [0.717, 1.165) is 24.8 Å². The molecule has 2 aromatic rings. The number of pyridine rings is 1. The molecule has 1 heterocycles. The van der Waals surface area contributed by atoms with Crippen LogP contribution >= 0.6 is 0 Å². The van der Waals surface area contributed by atoms with Gasteiger partial charge in [0.2, 0.25) is 0 Å². The Hall–Kier alpha value is -2.17. The van der Waals surface area contributed by atoms with E-state index in [1.807, 2.05) is 18.2 Å². The third kappa shape index (κ3) is 2.56. The molecule has 1 aromatic carbocycles. The van der Waals surface area contributed by atoms with Crippen molar-refractivity contribution in [3.63, 3.8) is 0 Å². The molecule has 94 valence electrons. The van der Waals surface area contributed by atoms with E-state index in [0.29, 0.717) is 11.3 Å². The number of fused-ring (bicyclic) bond motifs is 1. The average molecular weight is 245 g/mol. The van der Waals surface area contributed by atoms with Gasteiger partial charge in [0.1, 0.15) is 5.82 Å². The number of nitrogens with one attached hydrogen (secondary N) is 1. The van der Waals surface area contributed by atoms with Crippen molar-refractivity contribution in [2.45, 2.75) is 19.8 Å². The zero-order chi connectivity index (χ0) is 13.0. The molecule has 0 amide bonds. The number of hydrogen-bond donors (Lipinski definition) is 1. The Kier molecular flexibility index (Phi) is 3.72. The van der Waals surface area contributed by atoms with Crippen molar-refractivity contribution in [1.29, 1.82) is 0 Å². The number of benzene rings is 1. The lowest BCUT2D eigenvalue weighted by Gasteiger charge is -2.05. The molecule has 2 rings (SSSR count). The Morgan fingerprint density at radius 3 is 2.89 bits per heavy atom. The number of nitro groups is 1. The van der Waals surface area contributed by atoms with Crippen molar-refractivity contribution in [2.75, 3.05) is 11.9 Å². The summed E-state index contributed by atoms with van der Waals surface area (Å²) in [5.41, 5.74) is 0.482. The summed E-state index contributed by atoms with van der Waals surface area (Å²) in [6.45, 7) is 2.94. The Balaban J connectivity index is 2.36. The number of unbranched alkanes of at least 4 members (excludes halogenated alkanes) is 1. The molecule has 5 heteroatoms. The molecule has 0 unspecified atom stereocenters. The number of nitrogens with zero attached hydrogens (tertiary/aromatic N) is 2. The summed E-state index contributed by atoms with van der Waals surface area (Å²) in [6, 6.07) is 8.67. The molecule has 0 aliphatic carbocycles. The molecule has 0 atom stereocenters. The van der Waals surface area contributed by atoms with Crippen LogP contribution in [0.25, 0.3) is 10.9 Å². The first-order chi connectivity index (χ1) is 8.72. The van der Waals surface area contributed by atoms with Gasteiger partial charge in [-0.2, -0.15) is 0 Å². The van der Waals surface area contributed by atoms with E-state index in [4.69, 9.17) is 0 Å². The highest BCUT2D eigenvalue weighted by Gasteiger charge is 2.12. The highest BCUT2D eigenvalue weighted by molar-refractivity contribution is 5.88. The number of aromatic nitrogens is 1. The SMILES string of the molecule is CCCCNc1ccc2cccc([N+](=O)[O-])c2n1. The maximum Gasteiger partial charge on any atom is 0.295 e. The van der Waals surface area contributed by atoms with E-state index in [1.165, 1.54) is 6.07 Å². The lowest BCUT2D eigenvalue weighted by atomic mass is 10.2. The van der Waals surface area contributed by atoms with Gasteiger partial charge in [0, 0.05) is 18.0 Å². The normalized spacial score (nSPS) is 10.5. The fourth-order valence-electron chi connectivity index (χ4n) is 1.77. The maximum atomic E-state index is 10.9. The fourth-order valence-corrected chi connectivity index (χ4v) is 1.77. The Morgan fingerprint density at radius 2 is 2.17 bits per heavy atom. The summed E-state index contributed by atoms with van der Waals surface area (Å²) in [5, 5.41) is 14.9. The van der Waals surface area contributed by atoms with Crippen LogP contribution in [0.3, 0.4) is 0 Å². The van der Waals surface area contributed by atoms with Gasteiger partial charge in [-0.15, -0.1) is 0 Å². The molecule has 18 heavy (non-hydrogen) atoms. The first-order valence-corrected chi connectivity index (χ1v) is 6.00. The monoisotopic (exact) mass is 245 g/mol. The first kappa shape index (κ1) is 12.3. The Labute approximate surface area is 105 Å². The number of anilines is 1. The van der Waals surface area contributed by atoms with Gasteiger partial charge in [-0.05, 0) is 18.6 Å². The lowest BCUT2D eigenvalue weighted by Crippen LogP contribution is -2.03. The molecule has 0 bridgehead atoms. The van der Waals surface area contributed by atoms with Gasteiger partial charge >= 0.3 is 0 Å². The highest BCUT2D eigenvalue weighted by atomic mass is 16.6. The summed E-state index contributed by atoms with van der Waals surface area (Å²) in [5.74, 6) is 0.685. The van der Waals surface area contributed by atoms with Gasteiger partial charge in [0.25, 0.3) is 5.69 Å². The highest BCUT2D eigenvalue weighted by Crippen LogP contribution is 2.24. The minimum Gasteiger partial charge on any atom is -0.370 e. The van der Waals surface area contributed by atoms with E-state index in [9.17, 15) is 10.1 Å². The summed E-state index contributed by atoms with van der Waals surface area (Å²) >= 11 is 0. The van der Waals surface area contributed by atoms with Gasteiger partial charge in [-0.1, -0.05) is 25.5 Å². The summed E-state index contributed by atoms with van der Waals surface area (Å²) in [4.78, 5) is 14.8. The van der Waals surface area contributed by atoms with Crippen LogP contribution in [0.5, 0.6) is 0 Å². The van der Waals surface area contributed by atoms with Crippen molar-refractivity contribution in [1.82, 2.24) is 4.98 Å². The zero-order valence-corrected chi connectivity index (χ0v) is 10.2. The molecular formula is C13H15N3O2. The first-order valence-electron chi connectivity index (χ1n) is 6.00. The van der Waals surface area contributed by atoms with Crippen LogP contribution in [-0.2, 0) is 0 Å². The topological polar surface area (TPSA) is 68.1 Å². The number of nitro benzene ring substituents is 1. The van der Waals surface area contributed by atoms with Crippen molar-refractivity contribution in [3.05, 3.63) is 40.4 Å². The summed E-state index contributed by atoms with van der Waals surface area (Å²) < 4.78 is 0. The predicted octanol–water partition coefficient (Wildman–Crippen LogP) is 3.36. The van der Waals surface area contributed by atoms with Crippen molar-refractivity contribution in [2.24, 2.45) is 0 Å². The van der Waals surface area contributed by atoms with E-state index in [2.05, 4.69) is 17.2 Å². The molecule has 0 fully saturated rings. The van der Waals surface area contributed by atoms with Gasteiger partial charge in [0.05, 0.1) is 4.92 Å². The van der Waals surface area contributed by atoms with Crippen LogP contribution in [0.1, 0.15) is 19.8 Å². The van der Waals surface area contributed by atoms with Gasteiger partial charge in [-0.3, -0.25) is 10.1 Å². The third-order valence-corrected chi connectivity index (χ3v) is 2.73. The molecule has 0 aliphatic heterocycles. The molecule has 0 saturated carbocycles. The van der Waals surface area contributed by atoms with Crippen molar-refractivity contribution >= 4 is 22.4 Å². The quantitative estimate of drug-likeness (QED) is 0.498. The fraction of sp³-hybridized carbons (Fsp3) is 0.308. The zero-order valence-electron chi connectivity index (χ0n) is 10.2. The number of hydrogen-bond acceptors (Lipinski definition) is 4. The Bertz CT molecular complexity index is 569. The standard InChI is InChI=1S/C13H15N3O2/c1-2-3-9-14-12-8-7-10-5-4-6-11(16(17)18)13(10)15-12/h4-8H,2-3,9H2,1H3,(H,14,15). The molecular weight excluding hydrogens is 230 g/mol. The van der Waals surface area contributed by atoms with Crippen LogP contribution in [0.4, 0.5) is 11.5 Å². The summed E-state index contributed by atoms with van der Waals surface area (Å²) in [6.07, 6.45) is 2.15. The van der Waals surface area contributed by atoms with Crippen LogP contribution in [0.2, 0.25) is 0 Å². The largest absolute Gasteiger partial charge is 0.370 e. The molecule has 5 nitrogen and oxygen atoms in total. The van der Waals surface area contributed by atoms with E-state index >= 15 is 0 Å². The van der Waals surface area contributed by atoms with Crippen molar-refractivity contribution in [3.8, 4) is 0 Å². The van der Waals surface area contributed by atoms with Crippen molar-refractivity contribution < 1.29 is 4.92 Å². The molecule has 1 N–H and O–H groups in total. The van der Waals surface area contributed by atoms with Crippen LogP contribution in [0, 0.1) is 10.1 Å². The lowest BCUT2D eigenvalue weighted by molar-refractivity contribution is -0.383. The van der Waals surface area contributed by atoms with E-state index in [-0.39, 0.29) is 5.69 Å². The van der Waals surface area contributed by atoms with Crippen LogP contribution in [0.15, 0.2) is 30.3 Å². The Morgan fingerprint density at radius 1 is 1.33 bits per heavy atom. The second kappa shape index (κ2) is 5.44. The van der Waals surface area contributed by atoms with E-state index in [1.54, 1.807) is 6.07 Å². The van der Waals surface area contributed by atoms with E-state index < -0.39 is 4.92 Å². The number of rotatable bonds is 5. The average Bonchev–Trinajstić information content (AvgIpc) is 2.38. The third-order valence-electron chi connectivity index (χ3n) is 2.73. The minimum absolute atomic E-state index is 0.0478. The second-order valence-electron chi connectivity index (χ2n) is 4.08. The van der Waals surface area contributed by atoms with Gasteiger partial charge in [-0.25, -0.2) is 4.98 Å². The number of para-hydroxylation sites is 1. The molecule has 0 spiro atoms. The smallest absolute Gasteiger partial charge is 0.295 e. The maximum absolute atomic E-state index is 10.9. The van der Waals surface area contributed by atoms with Gasteiger partial charge < -0.3 is 5.32 Å². The minimum atomic E-state index is -0.398. The molecule has 1 aromatic heterocycles. The molecule has 0 aliphatic rings. The molecule has 0 saturated heterocycles. The predicted molar refractivity (Wildman–Crippen MR) is 71.8 cm³/mol. The second-order valence-corrected chi connectivity index (χ2v) is 4.08. The van der Waals surface area contributed by atoms with Gasteiger partial charge in [0.15, 0.2) is 5.52 Å².